The van der Waals surface area contributed by atoms with Crippen LogP contribution in [0.4, 0.5) is 0 Å². The van der Waals surface area contributed by atoms with Crippen LogP contribution < -0.4 is 14.2 Å². The first-order chi connectivity index (χ1) is 11.2. The first-order valence-electron chi connectivity index (χ1n) is 7.72. The van der Waals surface area contributed by atoms with Crippen molar-refractivity contribution in [2.45, 2.75) is 12.3 Å². The van der Waals surface area contributed by atoms with Crippen LogP contribution in [0.2, 0.25) is 0 Å². The molecule has 0 bridgehead atoms. The summed E-state index contributed by atoms with van der Waals surface area (Å²) in [5.41, 5.74) is 2.52. The third-order valence-corrected chi connectivity index (χ3v) is 9.78. The Hall–Kier alpha value is -1.59. The van der Waals surface area contributed by atoms with Crippen molar-refractivity contribution in [2.24, 2.45) is 0 Å². The average Bonchev–Trinajstić information content (AvgIpc) is 2.57. The van der Waals surface area contributed by atoms with Gasteiger partial charge in [-0.15, -0.1) is 0 Å². The van der Waals surface area contributed by atoms with E-state index in [1.807, 2.05) is 30.3 Å². The molecule has 4 rings (SSSR count). The number of hydrogen-bond acceptors (Lipinski definition) is 1. The second-order valence-electron chi connectivity index (χ2n) is 5.86. The van der Waals surface area contributed by atoms with E-state index in [2.05, 4.69) is 48.5 Å². The molecule has 1 heterocycles. The molecule has 0 fully saturated rings. The van der Waals surface area contributed by atoms with Crippen molar-refractivity contribution in [3.63, 3.8) is 0 Å². The van der Waals surface area contributed by atoms with Gasteiger partial charge in [-0.25, -0.2) is 0 Å². The molecule has 0 amide bonds. The second kappa shape index (κ2) is 6.13. The molecule has 0 radical (unpaired) electrons. The van der Waals surface area contributed by atoms with Gasteiger partial charge in [0.1, 0.15) is 0 Å². The Labute approximate surface area is 143 Å². The fraction of sp³-hybridized carbons (Fsp3) is 0.100. The van der Waals surface area contributed by atoms with E-state index in [1.165, 1.54) is 20.1 Å². The Morgan fingerprint density at radius 2 is 1.13 bits per heavy atom. The Bertz CT molecular complexity index is 837. The summed E-state index contributed by atoms with van der Waals surface area (Å²) in [6.07, 6.45) is 1.34. The minimum absolute atomic E-state index is 0.287. The molecule has 3 aromatic carbocycles. The van der Waals surface area contributed by atoms with Crippen molar-refractivity contribution in [3.8, 4) is 0 Å². The summed E-state index contributed by atoms with van der Waals surface area (Å²) in [5.74, 6) is 0. The van der Waals surface area contributed by atoms with Gasteiger partial charge in [0.2, 0.25) is 0 Å². The van der Waals surface area contributed by atoms with Gasteiger partial charge in [-0.05, 0) is 0 Å². The van der Waals surface area contributed by atoms with Crippen molar-refractivity contribution in [3.05, 3.63) is 90.0 Å². The Kier molecular flexibility index (Phi) is 3.99. The number of benzene rings is 3. The van der Waals surface area contributed by atoms with Crippen LogP contribution in [0.5, 0.6) is 0 Å². The zero-order chi connectivity index (χ0) is 15.7. The van der Waals surface area contributed by atoms with E-state index in [9.17, 15) is 4.57 Å². The summed E-state index contributed by atoms with van der Waals surface area (Å²) in [6.45, 7) is 0. The third-order valence-electron chi connectivity index (χ3n) is 4.24. The van der Waals surface area contributed by atoms with Crippen molar-refractivity contribution in [2.75, 3.05) is 0 Å². The third kappa shape index (κ3) is 2.95. The Balaban J connectivity index is 1.91. The monoisotopic (exact) mass is 384 g/mol. The molecular weight excluding hydrogens is 366 g/mol. The summed E-state index contributed by atoms with van der Waals surface area (Å²) in [6, 6.07) is 27.1. The standard InChI is InChI=1S/C20H17OPSe/c21-22(18-10-2-1-3-11-18)14-16-8-4-6-12-19(16)23-20-13-7-5-9-17(20)15-22/h1-13H,14-15H2. The Morgan fingerprint density at radius 3 is 1.70 bits per heavy atom. The molecule has 0 saturated heterocycles. The zero-order valence-corrected chi connectivity index (χ0v) is 15.3. The second-order valence-corrected chi connectivity index (χ2v) is 11.1. The van der Waals surface area contributed by atoms with Crippen LogP contribution in [-0.2, 0) is 16.9 Å². The summed E-state index contributed by atoms with van der Waals surface area (Å²) in [7, 11) is -2.49. The first kappa shape index (κ1) is 15.0. The van der Waals surface area contributed by atoms with Crippen molar-refractivity contribution < 1.29 is 4.57 Å². The van der Waals surface area contributed by atoms with E-state index in [0.29, 0.717) is 12.3 Å². The molecule has 0 unspecified atom stereocenters. The van der Waals surface area contributed by atoms with Gasteiger partial charge in [-0.3, -0.25) is 0 Å². The predicted octanol–water partition coefficient (Wildman–Crippen LogP) is 3.04. The molecule has 3 aromatic rings. The Morgan fingerprint density at radius 1 is 0.652 bits per heavy atom. The molecule has 0 spiro atoms. The van der Waals surface area contributed by atoms with Gasteiger partial charge in [0, 0.05) is 0 Å². The summed E-state index contributed by atoms with van der Waals surface area (Å²) < 4.78 is 16.7. The summed E-state index contributed by atoms with van der Waals surface area (Å²) in [5, 5.41) is 0.999. The average molecular weight is 383 g/mol. The van der Waals surface area contributed by atoms with Gasteiger partial charge in [0.25, 0.3) is 0 Å². The number of fused-ring (bicyclic) bond motifs is 2. The van der Waals surface area contributed by atoms with Crippen LogP contribution in [0, 0.1) is 0 Å². The van der Waals surface area contributed by atoms with E-state index >= 15 is 0 Å². The molecule has 3 heteroatoms. The quantitative estimate of drug-likeness (QED) is 0.466. The minimum atomic E-state index is -2.49. The van der Waals surface area contributed by atoms with Gasteiger partial charge in [0.15, 0.2) is 0 Å². The molecule has 1 nitrogen and oxygen atoms in total. The van der Waals surface area contributed by atoms with Crippen LogP contribution in [0.1, 0.15) is 11.1 Å². The van der Waals surface area contributed by atoms with E-state index < -0.39 is 7.14 Å². The van der Waals surface area contributed by atoms with E-state index in [-0.39, 0.29) is 15.0 Å². The van der Waals surface area contributed by atoms with Crippen LogP contribution in [-0.4, -0.2) is 15.0 Å². The fourth-order valence-corrected chi connectivity index (χ4v) is 8.65. The van der Waals surface area contributed by atoms with Crippen molar-refractivity contribution in [1.82, 2.24) is 0 Å². The van der Waals surface area contributed by atoms with Crippen LogP contribution >= 0.6 is 7.14 Å². The molecule has 1 aliphatic heterocycles. The maximum absolute atomic E-state index is 13.9. The summed E-state index contributed by atoms with van der Waals surface area (Å²) in [4.78, 5) is 0. The van der Waals surface area contributed by atoms with Gasteiger partial charge in [-0.1, -0.05) is 0 Å². The number of rotatable bonds is 1. The van der Waals surface area contributed by atoms with Gasteiger partial charge >= 0.3 is 143 Å². The SMILES string of the molecule is O=P1(c2ccccc2)Cc2ccccc2[Se]c2ccccc2C1. The van der Waals surface area contributed by atoms with Crippen molar-refractivity contribution >= 4 is 36.3 Å². The molecule has 1 aliphatic rings. The van der Waals surface area contributed by atoms with Gasteiger partial charge in [0.05, 0.1) is 0 Å². The fourth-order valence-electron chi connectivity index (χ4n) is 3.07. The van der Waals surface area contributed by atoms with E-state index in [4.69, 9.17) is 0 Å². The maximum atomic E-state index is 13.9. The molecule has 0 aromatic heterocycles. The molecular formula is C20H17OPSe. The molecule has 23 heavy (non-hydrogen) atoms. The van der Waals surface area contributed by atoms with Gasteiger partial charge in [-0.2, -0.15) is 0 Å². The number of hydrogen-bond donors (Lipinski definition) is 0. The molecule has 0 aliphatic carbocycles. The first-order valence-corrected chi connectivity index (χ1v) is 11.5. The van der Waals surface area contributed by atoms with E-state index in [0.717, 1.165) is 5.30 Å². The molecule has 0 atom stereocenters. The topological polar surface area (TPSA) is 17.1 Å². The van der Waals surface area contributed by atoms with Crippen LogP contribution in [0.3, 0.4) is 0 Å². The van der Waals surface area contributed by atoms with Gasteiger partial charge < -0.3 is 0 Å². The molecule has 0 N–H and O–H groups in total. The van der Waals surface area contributed by atoms with Crippen LogP contribution in [0.15, 0.2) is 78.9 Å². The molecule has 114 valence electrons. The summed E-state index contributed by atoms with van der Waals surface area (Å²) >= 11 is 0.287. The van der Waals surface area contributed by atoms with E-state index in [1.54, 1.807) is 0 Å². The van der Waals surface area contributed by atoms with Crippen LogP contribution in [0.25, 0.3) is 0 Å². The predicted molar refractivity (Wildman–Crippen MR) is 99.0 cm³/mol. The molecule has 0 saturated carbocycles. The van der Waals surface area contributed by atoms with Crippen molar-refractivity contribution in [1.29, 1.82) is 0 Å². The zero-order valence-electron chi connectivity index (χ0n) is 12.7. The normalized spacial score (nSPS) is 15.8.